The molecule has 0 aliphatic carbocycles. The minimum Gasteiger partial charge on any atom is -0.508 e. The van der Waals surface area contributed by atoms with Gasteiger partial charge in [-0.05, 0) is 47.9 Å². The second-order valence-electron chi connectivity index (χ2n) is 8.73. The minimum absolute atomic E-state index is 0.00326. The van der Waals surface area contributed by atoms with Crippen molar-refractivity contribution in [3.8, 4) is 5.75 Å². The number of hydrogen-bond acceptors (Lipinski definition) is 7. The average molecular weight is 569 g/mol. The Bertz CT molecular complexity index is 1580. The van der Waals surface area contributed by atoms with Gasteiger partial charge in [0.2, 0.25) is 5.95 Å². The van der Waals surface area contributed by atoms with Gasteiger partial charge in [0.25, 0.3) is 5.91 Å². The van der Waals surface area contributed by atoms with Gasteiger partial charge < -0.3 is 15.7 Å². The number of benzene rings is 3. The van der Waals surface area contributed by atoms with E-state index in [9.17, 15) is 22.7 Å². The largest absolute Gasteiger partial charge is 0.508 e. The van der Waals surface area contributed by atoms with Gasteiger partial charge in [-0.15, -0.1) is 0 Å². The summed E-state index contributed by atoms with van der Waals surface area (Å²) in [6, 6.07) is 17.2. The second kappa shape index (κ2) is 12.2. The lowest BCUT2D eigenvalue weighted by molar-refractivity contribution is 0.102. The lowest BCUT2D eigenvalue weighted by Gasteiger charge is -2.15. The molecule has 0 bridgehead atoms. The van der Waals surface area contributed by atoms with Gasteiger partial charge in [-0.1, -0.05) is 54.9 Å². The van der Waals surface area contributed by atoms with Gasteiger partial charge in [-0.2, -0.15) is 0 Å². The molecule has 0 aliphatic rings. The van der Waals surface area contributed by atoms with Gasteiger partial charge in [0.15, 0.2) is 9.84 Å². The van der Waals surface area contributed by atoms with Crippen LogP contribution in [0.3, 0.4) is 0 Å². The highest BCUT2D eigenvalue weighted by atomic mass is 35.5. The molecule has 0 fully saturated rings. The molecule has 0 saturated heterocycles. The standard InChI is InChI=1S/C28H26ClFN4O4S/c1-2-14-39(37,38)25-9-4-3-6-19(25)15-24-21(27(36)34-26-22(29)7-5-8-23(26)30)17-32-28(33-24)31-16-18-10-12-20(35)13-11-18/h3-13,17,35H,2,14-16H2,1H3,(H,34,36)(H,31,32,33). The summed E-state index contributed by atoms with van der Waals surface area (Å²) in [6.45, 7) is 2.12. The predicted octanol–water partition coefficient (Wildman–Crippen LogP) is 5.61. The molecule has 3 aromatic carbocycles. The summed E-state index contributed by atoms with van der Waals surface area (Å²) >= 11 is 6.09. The molecule has 0 atom stereocenters. The molecule has 0 unspecified atom stereocenters. The molecule has 39 heavy (non-hydrogen) atoms. The predicted molar refractivity (Wildman–Crippen MR) is 148 cm³/mol. The van der Waals surface area contributed by atoms with Crippen LogP contribution >= 0.6 is 11.6 Å². The number of phenolic OH excluding ortho intramolecular Hbond substituents is 1. The fourth-order valence-electron chi connectivity index (χ4n) is 3.93. The van der Waals surface area contributed by atoms with Crippen LogP contribution in [0, 0.1) is 5.82 Å². The van der Waals surface area contributed by atoms with Gasteiger partial charge in [0.1, 0.15) is 11.6 Å². The summed E-state index contributed by atoms with van der Waals surface area (Å²) in [5.41, 5.74) is 1.40. The molecule has 8 nitrogen and oxygen atoms in total. The Kier molecular flexibility index (Phi) is 8.78. The Balaban J connectivity index is 1.71. The fourth-order valence-corrected chi connectivity index (χ4v) is 5.73. The number of nitrogens with one attached hydrogen (secondary N) is 2. The van der Waals surface area contributed by atoms with Crippen LogP contribution < -0.4 is 10.6 Å². The van der Waals surface area contributed by atoms with Crippen LogP contribution in [0.5, 0.6) is 5.75 Å². The lowest BCUT2D eigenvalue weighted by atomic mass is 10.1. The number of nitrogens with zero attached hydrogens (tertiary/aromatic N) is 2. The van der Waals surface area contributed by atoms with Gasteiger partial charge in [-0.25, -0.2) is 22.8 Å². The summed E-state index contributed by atoms with van der Waals surface area (Å²) in [4.78, 5) is 22.2. The molecule has 3 N–H and O–H groups in total. The van der Waals surface area contributed by atoms with E-state index in [0.29, 0.717) is 18.5 Å². The SMILES string of the molecule is CCCS(=O)(=O)c1ccccc1Cc1nc(NCc2ccc(O)cc2)ncc1C(=O)Nc1c(F)cccc1Cl. The van der Waals surface area contributed by atoms with E-state index in [1.165, 1.54) is 30.5 Å². The first-order valence-electron chi connectivity index (χ1n) is 12.1. The van der Waals surface area contributed by atoms with Crippen LogP contribution in [0.1, 0.15) is 40.5 Å². The first-order valence-corrected chi connectivity index (χ1v) is 14.1. The monoisotopic (exact) mass is 568 g/mol. The third kappa shape index (κ3) is 6.90. The highest BCUT2D eigenvalue weighted by molar-refractivity contribution is 7.91. The van der Waals surface area contributed by atoms with Gasteiger partial charge in [0.05, 0.1) is 32.6 Å². The van der Waals surface area contributed by atoms with E-state index >= 15 is 0 Å². The van der Waals surface area contributed by atoms with Crippen molar-refractivity contribution in [1.82, 2.24) is 9.97 Å². The van der Waals surface area contributed by atoms with Crippen molar-refractivity contribution in [2.45, 2.75) is 31.2 Å². The van der Waals surface area contributed by atoms with Gasteiger partial charge in [0, 0.05) is 19.2 Å². The molecular weight excluding hydrogens is 543 g/mol. The maximum Gasteiger partial charge on any atom is 0.259 e. The maximum atomic E-state index is 14.4. The molecule has 1 aromatic heterocycles. The zero-order chi connectivity index (χ0) is 28.0. The number of hydrogen-bond donors (Lipinski definition) is 3. The van der Waals surface area contributed by atoms with Crippen molar-refractivity contribution in [3.63, 3.8) is 0 Å². The molecule has 202 valence electrons. The molecule has 0 spiro atoms. The molecule has 11 heteroatoms. The maximum absolute atomic E-state index is 14.4. The number of para-hydroxylation sites is 1. The summed E-state index contributed by atoms with van der Waals surface area (Å²) < 4.78 is 40.2. The van der Waals surface area contributed by atoms with Crippen LogP contribution in [0.25, 0.3) is 0 Å². The van der Waals surface area contributed by atoms with Crippen molar-refractivity contribution in [2.24, 2.45) is 0 Å². The summed E-state index contributed by atoms with van der Waals surface area (Å²) in [5, 5.41) is 15.1. The van der Waals surface area contributed by atoms with Crippen molar-refractivity contribution in [2.75, 3.05) is 16.4 Å². The topological polar surface area (TPSA) is 121 Å². The van der Waals surface area contributed by atoms with E-state index in [-0.39, 0.29) is 50.7 Å². The van der Waals surface area contributed by atoms with Crippen molar-refractivity contribution in [1.29, 1.82) is 0 Å². The Morgan fingerprint density at radius 3 is 2.51 bits per heavy atom. The number of phenols is 1. The molecule has 4 aromatic rings. The molecular formula is C28H26ClFN4O4S. The summed E-state index contributed by atoms with van der Waals surface area (Å²) in [5.74, 6) is -1.09. The first-order chi connectivity index (χ1) is 18.7. The summed E-state index contributed by atoms with van der Waals surface area (Å²) in [7, 11) is -3.56. The molecule has 1 amide bonds. The number of anilines is 2. The number of sulfone groups is 1. The highest BCUT2D eigenvalue weighted by Gasteiger charge is 2.22. The first kappa shape index (κ1) is 28.0. The van der Waals surface area contributed by atoms with E-state index < -0.39 is 21.6 Å². The summed E-state index contributed by atoms with van der Waals surface area (Å²) in [6.07, 6.45) is 1.75. The van der Waals surface area contributed by atoms with E-state index in [2.05, 4.69) is 20.6 Å². The Morgan fingerprint density at radius 2 is 1.79 bits per heavy atom. The second-order valence-corrected chi connectivity index (χ2v) is 11.2. The molecule has 0 aliphatic heterocycles. The number of halogens is 2. The van der Waals surface area contributed by atoms with E-state index in [4.69, 9.17) is 11.6 Å². The van der Waals surface area contributed by atoms with Crippen molar-refractivity contribution in [3.05, 3.63) is 106 Å². The van der Waals surface area contributed by atoms with Crippen molar-refractivity contribution >= 4 is 39.0 Å². The third-order valence-corrected chi connectivity index (χ3v) is 8.17. The minimum atomic E-state index is -3.56. The van der Waals surface area contributed by atoms with Crippen LogP contribution in [0.15, 0.2) is 77.8 Å². The smallest absolute Gasteiger partial charge is 0.259 e. The molecule has 4 rings (SSSR count). The highest BCUT2D eigenvalue weighted by Crippen LogP contribution is 2.27. The lowest BCUT2D eigenvalue weighted by Crippen LogP contribution is -2.19. The Hall–Kier alpha value is -4.02. The number of aromatic hydroxyl groups is 1. The Labute approximate surface area is 230 Å². The number of carbonyl (C=O) groups excluding carboxylic acids is 1. The molecule has 0 radical (unpaired) electrons. The zero-order valence-electron chi connectivity index (χ0n) is 21.0. The normalized spacial score (nSPS) is 11.3. The van der Waals surface area contributed by atoms with Crippen molar-refractivity contribution < 1.29 is 22.7 Å². The van der Waals surface area contributed by atoms with Gasteiger partial charge >= 0.3 is 0 Å². The van der Waals surface area contributed by atoms with E-state index in [0.717, 1.165) is 5.56 Å². The zero-order valence-corrected chi connectivity index (χ0v) is 22.6. The number of rotatable bonds is 10. The molecule has 1 heterocycles. The third-order valence-electron chi connectivity index (χ3n) is 5.84. The Morgan fingerprint density at radius 1 is 1.05 bits per heavy atom. The number of aromatic nitrogens is 2. The number of carbonyl (C=O) groups is 1. The van der Waals surface area contributed by atoms with E-state index in [1.54, 1.807) is 49.4 Å². The quantitative estimate of drug-likeness (QED) is 0.227. The number of amides is 1. The van der Waals surface area contributed by atoms with E-state index in [1.807, 2.05) is 0 Å². The fraction of sp³-hybridized carbons (Fsp3) is 0.179. The van der Waals surface area contributed by atoms with Crippen LogP contribution in [0.2, 0.25) is 5.02 Å². The van der Waals surface area contributed by atoms with Crippen LogP contribution in [-0.2, 0) is 22.8 Å². The van der Waals surface area contributed by atoms with Crippen LogP contribution in [-0.4, -0.2) is 35.2 Å². The van der Waals surface area contributed by atoms with Gasteiger partial charge in [-0.3, -0.25) is 4.79 Å². The average Bonchev–Trinajstić information content (AvgIpc) is 2.91. The molecule has 0 saturated carbocycles. The van der Waals surface area contributed by atoms with Crippen LogP contribution in [0.4, 0.5) is 16.0 Å².